The molecule has 0 saturated carbocycles. The Morgan fingerprint density at radius 3 is 3.09 bits per heavy atom. The van der Waals surface area contributed by atoms with Gasteiger partial charge in [-0.15, -0.1) is 11.3 Å². The minimum Gasteiger partial charge on any atom is -0.448 e. The number of aryl methyl sites for hydroxylation is 1. The molecule has 0 atom stereocenters. The van der Waals surface area contributed by atoms with E-state index in [1.165, 1.54) is 11.3 Å². The summed E-state index contributed by atoms with van der Waals surface area (Å²) >= 11 is 6.44. The molecule has 0 spiro atoms. The second kappa shape index (κ2) is 3.69. The van der Waals surface area contributed by atoms with Crippen LogP contribution in [-0.4, -0.2) is 10.4 Å². The van der Waals surface area contributed by atoms with Gasteiger partial charge in [-0.3, -0.25) is 0 Å². The average Bonchev–Trinajstić information content (AvgIpc) is 2.31. The molecule has 0 N–H and O–H groups in total. The lowest BCUT2D eigenvalue weighted by Gasteiger charge is -1.93. The van der Waals surface area contributed by atoms with E-state index in [0.717, 1.165) is 9.88 Å². The summed E-state index contributed by atoms with van der Waals surface area (Å²) < 4.78 is 4.54. The van der Waals surface area contributed by atoms with Crippen molar-refractivity contribution in [2.24, 2.45) is 0 Å². The summed E-state index contributed by atoms with van der Waals surface area (Å²) in [5, 5.41) is 0.950. The molecule has 0 bridgehead atoms. The first-order valence-corrected chi connectivity index (χ1v) is 4.11. The van der Waals surface area contributed by atoms with Crippen molar-refractivity contribution in [3.63, 3.8) is 0 Å². The van der Waals surface area contributed by atoms with Gasteiger partial charge in [0.1, 0.15) is 6.61 Å². The van der Waals surface area contributed by atoms with Crippen LogP contribution in [-0.2, 0) is 11.3 Å². The molecule has 5 heteroatoms. The van der Waals surface area contributed by atoms with Crippen LogP contribution in [0.5, 0.6) is 0 Å². The van der Waals surface area contributed by atoms with Crippen molar-refractivity contribution < 1.29 is 9.53 Å². The molecule has 1 rings (SSSR count). The number of ether oxygens (including phenoxy) is 1. The molecular formula is C6H6ClNO2S. The van der Waals surface area contributed by atoms with E-state index in [0.29, 0.717) is 0 Å². The molecule has 0 amide bonds. The number of hydrogen-bond acceptors (Lipinski definition) is 4. The molecule has 1 heterocycles. The van der Waals surface area contributed by atoms with Crippen LogP contribution < -0.4 is 0 Å². The zero-order chi connectivity index (χ0) is 8.27. The van der Waals surface area contributed by atoms with E-state index in [9.17, 15) is 4.79 Å². The second-order valence-electron chi connectivity index (χ2n) is 1.87. The predicted molar refractivity (Wildman–Crippen MR) is 42.9 cm³/mol. The number of aromatic nitrogens is 1. The minimum atomic E-state index is -0.781. The molecule has 0 fully saturated rings. The molecule has 1 aromatic rings. The largest absolute Gasteiger partial charge is 0.448 e. The highest BCUT2D eigenvalue weighted by Gasteiger charge is 2.00. The molecule has 0 aromatic carbocycles. The highest BCUT2D eigenvalue weighted by Crippen LogP contribution is 2.12. The normalized spacial score (nSPS) is 9.64. The van der Waals surface area contributed by atoms with E-state index in [-0.39, 0.29) is 6.61 Å². The van der Waals surface area contributed by atoms with Gasteiger partial charge in [0.25, 0.3) is 0 Å². The fraction of sp³-hybridized carbons (Fsp3) is 0.333. The zero-order valence-corrected chi connectivity index (χ0v) is 7.41. The Hall–Kier alpha value is -0.610. The highest BCUT2D eigenvalue weighted by atomic mass is 35.5. The summed E-state index contributed by atoms with van der Waals surface area (Å²) in [5.74, 6) is 0. The van der Waals surface area contributed by atoms with Gasteiger partial charge < -0.3 is 4.74 Å². The summed E-state index contributed by atoms with van der Waals surface area (Å²) in [4.78, 5) is 15.0. The smallest absolute Gasteiger partial charge is 0.404 e. The van der Waals surface area contributed by atoms with Crippen LogP contribution >= 0.6 is 22.9 Å². The Kier molecular flexibility index (Phi) is 2.84. The summed E-state index contributed by atoms with van der Waals surface area (Å²) in [6.45, 7) is 2.10. The molecular weight excluding hydrogens is 186 g/mol. The van der Waals surface area contributed by atoms with Gasteiger partial charge in [-0.25, -0.2) is 9.78 Å². The number of carbonyl (C=O) groups is 1. The van der Waals surface area contributed by atoms with Gasteiger partial charge in [-0.05, 0) is 6.92 Å². The van der Waals surface area contributed by atoms with Crippen molar-refractivity contribution in [2.45, 2.75) is 13.5 Å². The molecule has 0 aliphatic carbocycles. The zero-order valence-electron chi connectivity index (χ0n) is 5.83. The van der Waals surface area contributed by atoms with E-state index >= 15 is 0 Å². The Bertz CT molecular complexity index is 261. The number of carbonyl (C=O) groups excluding carboxylic acids is 1. The lowest BCUT2D eigenvalue weighted by Crippen LogP contribution is -1.91. The maximum atomic E-state index is 10.2. The van der Waals surface area contributed by atoms with Crippen molar-refractivity contribution in [2.75, 3.05) is 0 Å². The van der Waals surface area contributed by atoms with E-state index in [4.69, 9.17) is 11.6 Å². The topological polar surface area (TPSA) is 39.2 Å². The quantitative estimate of drug-likeness (QED) is 0.674. The van der Waals surface area contributed by atoms with Gasteiger partial charge in [0.2, 0.25) is 0 Å². The Labute approximate surface area is 73.0 Å². The number of nitrogens with zero attached hydrogens (tertiary/aromatic N) is 1. The fourth-order valence-corrected chi connectivity index (χ4v) is 1.36. The van der Waals surface area contributed by atoms with Crippen molar-refractivity contribution in [1.82, 2.24) is 4.98 Å². The number of hydrogen-bond donors (Lipinski definition) is 0. The maximum Gasteiger partial charge on any atom is 0.404 e. The van der Waals surface area contributed by atoms with E-state index in [1.54, 1.807) is 6.20 Å². The third-order valence-electron chi connectivity index (χ3n) is 0.997. The molecule has 0 aliphatic rings. The first-order chi connectivity index (χ1) is 5.18. The molecule has 11 heavy (non-hydrogen) atoms. The SMILES string of the molecule is Cc1ncc(COC(=O)Cl)s1. The van der Waals surface area contributed by atoms with Crippen molar-refractivity contribution in [3.8, 4) is 0 Å². The molecule has 0 aliphatic heterocycles. The van der Waals surface area contributed by atoms with Crippen LogP contribution in [0.15, 0.2) is 6.20 Å². The van der Waals surface area contributed by atoms with Crippen LogP contribution in [0, 0.1) is 6.92 Å². The third-order valence-corrected chi connectivity index (χ3v) is 1.99. The summed E-state index contributed by atoms with van der Waals surface area (Å²) in [5.41, 5.74) is -0.781. The molecule has 0 radical (unpaired) electrons. The van der Waals surface area contributed by atoms with E-state index in [1.807, 2.05) is 6.92 Å². The van der Waals surface area contributed by atoms with E-state index in [2.05, 4.69) is 9.72 Å². The Balaban J connectivity index is 2.45. The monoisotopic (exact) mass is 191 g/mol. The summed E-state index contributed by atoms with van der Waals surface area (Å²) in [7, 11) is 0. The van der Waals surface area contributed by atoms with Crippen LogP contribution in [0.25, 0.3) is 0 Å². The lowest BCUT2D eigenvalue weighted by atomic mass is 10.6. The van der Waals surface area contributed by atoms with E-state index < -0.39 is 5.43 Å². The minimum absolute atomic E-state index is 0.216. The van der Waals surface area contributed by atoms with Gasteiger partial charge in [0.05, 0.1) is 9.88 Å². The van der Waals surface area contributed by atoms with Gasteiger partial charge in [0.15, 0.2) is 0 Å². The summed E-state index contributed by atoms with van der Waals surface area (Å²) in [6.07, 6.45) is 1.67. The fourth-order valence-electron chi connectivity index (χ4n) is 0.600. The van der Waals surface area contributed by atoms with Crippen LogP contribution in [0.1, 0.15) is 9.88 Å². The number of halogens is 1. The van der Waals surface area contributed by atoms with Gasteiger partial charge in [0, 0.05) is 17.8 Å². The predicted octanol–water partition coefficient (Wildman–Crippen LogP) is 2.33. The lowest BCUT2D eigenvalue weighted by molar-refractivity contribution is 0.168. The average molecular weight is 192 g/mol. The van der Waals surface area contributed by atoms with Gasteiger partial charge >= 0.3 is 5.43 Å². The van der Waals surface area contributed by atoms with Gasteiger partial charge in [-0.1, -0.05) is 0 Å². The van der Waals surface area contributed by atoms with Crippen LogP contribution in [0.3, 0.4) is 0 Å². The Morgan fingerprint density at radius 1 is 1.91 bits per heavy atom. The molecule has 0 saturated heterocycles. The first kappa shape index (κ1) is 8.49. The molecule has 60 valence electrons. The van der Waals surface area contributed by atoms with Crippen LogP contribution in [0.4, 0.5) is 4.79 Å². The standard InChI is InChI=1S/C6H6ClNO2S/c1-4-8-2-5(11-4)3-10-6(7)9/h2H,3H2,1H3. The van der Waals surface area contributed by atoms with Gasteiger partial charge in [-0.2, -0.15) is 0 Å². The molecule has 0 unspecified atom stereocenters. The third kappa shape index (κ3) is 2.86. The maximum absolute atomic E-state index is 10.2. The molecule has 3 nitrogen and oxygen atoms in total. The van der Waals surface area contributed by atoms with Crippen LogP contribution in [0.2, 0.25) is 0 Å². The summed E-state index contributed by atoms with van der Waals surface area (Å²) in [6, 6.07) is 0. The number of rotatable bonds is 2. The number of thiazole rings is 1. The Morgan fingerprint density at radius 2 is 2.64 bits per heavy atom. The van der Waals surface area contributed by atoms with Crippen molar-refractivity contribution in [3.05, 3.63) is 16.1 Å². The highest BCUT2D eigenvalue weighted by molar-refractivity contribution is 7.11. The van der Waals surface area contributed by atoms with Crippen molar-refractivity contribution in [1.29, 1.82) is 0 Å². The van der Waals surface area contributed by atoms with Crippen molar-refractivity contribution >= 4 is 28.4 Å². The first-order valence-electron chi connectivity index (χ1n) is 2.92. The second-order valence-corrected chi connectivity index (χ2v) is 3.50. The molecule has 1 aromatic heterocycles.